The summed E-state index contributed by atoms with van der Waals surface area (Å²) in [5, 5.41) is 3.15. The molecule has 3 aromatic heterocycles. The Labute approximate surface area is 183 Å². The van der Waals surface area contributed by atoms with Gasteiger partial charge in [-0.15, -0.1) is 11.3 Å². The molecule has 0 radical (unpaired) electrons. The number of pyridine rings is 2. The highest BCUT2D eigenvalue weighted by Crippen LogP contribution is 2.38. The van der Waals surface area contributed by atoms with Gasteiger partial charge in [-0.1, -0.05) is 6.07 Å². The fourth-order valence-electron chi connectivity index (χ4n) is 4.25. The Balaban J connectivity index is 1.38. The number of ether oxygens (including phenoxy) is 2. The Bertz CT molecular complexity index is 968. The average molecular weight is 474 g/mol. The van der Waals surface area contributed by atoms with Crippen LogP contribution in [-0.4, -0.2) is 42.4 Å². The number of thiophene rings is 1. The molecule has 1 saturated carbocycles. The highest BCUT2D eigenvalue weighted by molar-refractivity contribution is 9.10. The number of fused-ring (bicyclic) bond motifs is 1. The van der Waals surface area contributed by atoms with E-state index in [2.05, 4.69) is 55.5 Å². The molecule has 29 heavy (non-hydrogen) atoms. The number of halogens is 1. The molecule has 2 fully saturated rings. The number of hydrogen-bond donors (Lipinski definition) is 0. The third kappa shape index (κ3) is 4.27. The SMILES string of the molecule is Brc1cnc2cc(N3CCOCC3)nc(O[C@H]3CC[C@@H](c4cccs4)CC3)c2c1. The summed E-state index contributed by atoms with van der Waals surface area (Å²) in [5.41, 5.74) is 0.923. The monoisotopic (exact) mass is 473 g/mol. The van der Waals surface area contributed by atoms with Gasteiger partial charge in [0.1, 0.15) is 11.9 Å². The molecule has 1 saturated heterocycles. The van der Waals surface area contributed by atoms with Gasteiger partial charge in [0, 0.05) is 34.7 Å². The molecule has 0 amide bonds. The second-order valence-electron chi connectivity index (χ2n) is 7.71. The highest BCUT2D eigenvalue weighted by Gasteiger charge is 2.26. The van der Waals surface area contributed by atoms with E-state index in [0.29, 0.717) is 11.8 Å². The molecule has 152 valence electrons. The Morgan fingerprint density at radius 2 is 1.97 bits per heavy atom. The number of nitrogens with zero attached hydrogens (tertiary/aromatic N) is 3. The molecule has 0 atom stereocenters. The molecule has 0 bridgehead atoms. The lowest BCUT2D eigenvalue weighted by molar-refractivity contribution is 0.122. The summed E-state index contributed by atoms with van der Waals surface area (Å²) in [7, 11) is 0. The van der Waals surface area contributed by atoms with Gasteiger partial charge in [0.2, 0.25) is 5.88 Å². The topological polar surface area (TPSA) is 47.5 Å². The van der Waals surface area contributed by atoms with E-state index in [4.69, 9.17) is 14.5 Å². The van der Waals surface area contributed by atoms with E-state index in [-0.39, 0.29) is 6.10 Å². The van der Waals surface area contributed by atoms with Crippen molar-refractivity contribution >= 4 is 44.0 Å². The van der Waals surface area contributed by atoms with Gasteiger partial charge in [0.05, 0.1) is 24.1 Å². The Kier molecular flexibility index (Phi) is 5.70. The predicted octanol–water partition coefficient (Wildman–Crippen LogP) is 5.40. The van der Waals surface area contributed by atoms with Gasteiger partial charge in [-0.3, -0.25) is 4.98 Å². The van der Waals surface area contributed by atoms with Gasteiger partial charge in [0.15, 0.2) is 0 Å². The lowest BCUT2D eigenvalue weighted by atomic mass is 9.86. The van der Waals surface area contributed by atoms with E-state index in [1.807, 2.05) is 17.5 Å². The van der Waals surface area contributed by atoms with E-state index in [0.717, 1.165) is 60.3 Å². The van der Waals surface area contributed by atoms with Crippen molar-refractivity contribution in [2.75, 3.05) is 31.2 Å². The summed E-state index contributed by atoms with van der Waals surface area (Å²) in [6, 6.07) is 8.54. The largest absolute Gasteiger partial charge is 0.474 e. The van der Waals surface area contributed by atoms with Crippen LogP contribution < -0.4 is 9.64 Å². The van der Waals surface area contributed by atoms with Crippen LogP contribution in [0.5, 0.6) is 5.88 Å². The van der Waals surface area contributed by atoms with Crippen LogP contribution >= 0.6 is 27.3 Å². The molecule has 7 heteroatoms. The molecule has 3 aromatic rings. The Hall–Kier alpha value is -1.70. The van der Waals surface area contributed by atoms with Gasteiger partial charge in [0.25, 0.3) is 0 Å². The van der Waals surface area contributed by atoms with Gasteiger partial charge in [-0.25, -0.2) is 0 Å². The van der Waals surface area contributed by atoms with Crippen molar-refractivity contribution in [1.82, 2.24) is 9.97 Å². The van der Waals surface area contributed by atoms with Crippen LogP contribution in [0.1, 0.15) is 36.5 Å². The third-order valence-corrected chi connectivity index (χ3v) is 7.30. The molecular weight excluding hydrogens is 450 g/mol. The zero-order valence-electron chi connectivity index (χ0n) is 16.2. The summed E-state index contributed by atoms with van der Waals surface area (Å²) in [4.78, 5) is 13.3. The van der Waals surface area contributed by atoms with Crippen LogP contribution in [0.3, 0.4) is 0 Å². The predicted molar refractivity (Wildman–Crippen MR) is 120 cm³/mol. The minimum atomic E-state index is 0.209. The molecule has 1 aliphatic heterocycles. The molecular formula is C22H24BrN3O2S. The second kappa shape index (κ2) is 8.58. The Morgan fingerprint density at radius 3 is 2.72 bits per heavy atom. The molecule has 5 nitrogen and oxygen atoms in total. The second-order valence-corrected chi connectivity index (χ2v) is 9.61. The zero-order chi connectivity index (χ0) is 19.6. The molecule has 0 spiro atoms. The number of anilines is 1. The first kappa shape index (κ1) is 19.3. The summed E-state index contributed by atoms with van der Waals surface area (Å²) in [5.74, 6) is 2.31. The van der Waals surface area contributed by atoms with E-state index >= 15 is 0 Å². The number of morpholine rings is 1. The fourth-order valence-corrected chi connectivity index (χ4v) is 5.48. The first-order valence-electron chi connectivity index (χ1n) is 10.3. The zero-order valence-corrected chi connectivity index (χ0v) is 18.6. The maximum absolute atomic E-state index is 6.49. The summed E-state index contributed by atoms with van der Waals surface area (Å²) in [6.07, 6.45) is 6.52. The van der Waals surface area contributed by atoms with Crippen LogP contribution in [0.15, 0.2) is 40.3 Å². The number of rotatable bonds is 4. The number of hydrogen-bond acceptors (Lipinski definition) is 6. The quantitative estimate of drug-likeness (QED) is 0.507. The van der Waals surface area contributed by atoms with Crippen molar-refractivity contribution in [2.45, 2.75) is 37.7 Å². The molecule has 5 rings (SSSR count). The molecule has 0 unspecified atom stereocenters. The average Bonchev–Trinajstić information content (AvgIpc) is 3.30. The van der Waals surface area contributed by atoms with Gasteiger partial charge in [-0.05, 0) is 65.0 Å². The highest BCUT2D eigenvalue weighted by atomic mass is 79.9. The van der Waals surface area contributed by atoms with Crippen molar-refractivity contribution in [3.05, 3.63) is 45.2 Å². The van der Waals surface area contributed by atoms with Crippen molar-refractivity contribution in [3.63, 3.8) is 0 Å². The van der Waals surface area contributed by atoms with Crippen molar-refractivity contribution in [2.24, 2.45) is 0 Å². The van der Waals surface area contributed by atoms with Gasteiger partial charge in [-0.2, -0.15) is 4.98 Å². The van der Waals surface area contributed by atoms with Crippen molar-refractivity contribution in [1.29, 1.82) is 0 Å². The van der Waals surface area contributed by atoms with E-state index in [1.54, 1.807) is 0 Å². The Morgan fingerprint density at radius 1 is 1.14 bits per heavy atom. The number of aromatic nitrogens is 2. The lowest BCUT2D eigenvalue weighted by Gasteiger charge is -2.30. The maximum atomic E-state index is 6.49. The van der Waals surface area contributed by atoms with Crippen LogP contribution in [0.25, 0.3) is 10.9 Å². The van der Waals surface area contributed by atoms with Crippen molar-refractivity contribution < 1.29 is 9.47 Å². The lowest BCUT2D eigenvalue weighted by Crippen LogP contribution is -2.36. The molecule has 0 aromatic carbocycles. The van der Waals surface area contributed by atoms with Gasteiger partial charge < -0.3 is 14.4 Å². The van der Waals surface area contributed by atoms with Crippen LogP contribution in [0.2, 0.25) is 0 Å². The minimum absolute atomic E-state index is 0.209. The molecule has 1 aliphatic carbocycles. The third-order valence-electron chi connectivity index (χ3n) is 5.83. The summed E-state index contributed by atoms with van der Waals surface area (Å²) >= 11 is 5.42. The first-order valence-corrected chi connectivity index (χ1v) is 11.9. The van der Waals surface area contributed by atoms with Crippen molar-refractivity contribution in [3.8, 4) is 5.88 Å². The molecule has 2 aliphatic rings. The maximum Gasteiger partial charge on any atom is 0.225 e. The summed E-state index contributed by atoms with van der Waals surface area (Å²) in [6.45, 7) is 3.16. The summed E-state index contributed by atoms with van der Waals surface area (Å²) < 4.78 is 12.9. The minimum Gasteiger partial charge on any atom is -0.474 e. The fraction of sp³-hybridized carbons (Fsp3) is 0.455. The standard InChI is InChI=1S/C22H24BrN3O2S/c23-16-12-18-19(24-14-16)13-21(26-7-9-27-10-8-26)25-22(18)28-17-5-3-15(4-6-17)20-2-1-11-29-20/h1-2,11-15,17H,3-10H2/t15-,17+. The van der Waals surface area contributed by atoms with Gasteiger partial charge >= 0.3 is 0 Å². The van der Waals surface area contributed by atoms with E-state index < -0.39 is 0 Å². The molecule has 4 heterocycles. The molecule has 0 N–H and O–H groups in total. The van der Waals surface area contributed by atoms with Crippen LogP contribution in [-0.2, 0) is 4.74 Å². The normalized spacial score (nSPS) is 22.7. The van der Waals surface area contributed by atoms with E-state index in [1.165, 1.54) is 17.7 Å². The van der Waals surface area contributed by atoms with Crippen LogP contribution in [0, 0.1) is 0 Å². The van der Waals surface area contributed by atoms with Crippen LogP contribution in [0.4, 0.5) is 5.82 Å². The first-order chi connectivity index (χ1) is 14.3. The smallest absolute Gasteiger partial charge is 0.225 e. The van der Waals surface area contributed by atoms with E-state index in [9.17, 15) is 0 Å².